The maximum atomic E-state index is 7.14. The zero-order valence-electron chi connectivity index (χ0n) is 27.3. The quantitative estimate of drug-likeness (QED) is 0.203. The van der Waals surface area contributed by atoms with Crippen LogP contribution in [-0.2, 0) is 10.8 Å². The molecule has 7 rings (SSSR count). The van der Waals surface area contributed by atoms with Crippen molar-refractivity contribution in [3.63, 3.8) is 0 Å². The maximum Gasteiger partial charge on any atom is 0.232 e. The molecule has 47 heavy (non-hydrogen) atoms. The highest BCUT2D eigenvalue weighted by molar-refractivity contribution is 5.79. The molecule has 5 aromatic rings. The number of hydrogen-bond acceptors (Lipinski definition) is 5. The van der Waals surface area contributed by atoms with E-state index in [-0.39, 0.29) is 0 Å². The lowest BCUT2D eigenvalue weighted by Crippen LogP contribution is -2.46. The third-order valence-corrected chi connectivity index (χ3v) is 9.78. The highest BCUT2D eigenvalue weighted by Crippen LogP contribution is 2.45. The number of nitrogens with two attached hydrogens (primary N) is 2. The molecule has 1 heterocycles. The average molecular weight is 617 g/mol. The Labute approximate surface area is 277 Å². The molecular formula is C42H40N4O. The third kappa shape index (κ3) is 5.32. The predicted octanol–water partition coefficient (Wildman–Crippen LogP) is 7.84. The molecule has 0 radical (unpaired) electrons. The summed E-state index contributed by atoms with van der Waals surface area (Å²) >= 11 is 0. The number of rotatable bonds is 6. The second-order valence-corrected chi connectivity index (χ2v) is 13.1. The SMILES string of the molecule is Cc1ccc(C2=CC(N)C(c3ccc(C)cc3)(c3nnc(C4(c5ccc(C)cc5)C=CC(c5ccc(C)cc5)=CC4N)o3)C=C2)cc1. The summed E-state index contributed by atoms with van der Waals surface area (Å²) in [6.07, 6.45) is 12.7. The van der Waals surface area contributed by atoms with Crippen LogP contribution >= 0.6 is 0 Å². The molecule has 1 aromatic heterocycles. The number of aromatic nitrogens is 2. The first-order valence-electron chi connectivity index (χ1n) is 16.2. The van der Waals surface area contributed by atoms with Crippen LogP contribution in [0.1, 0.15) is 56.3 Å². The molecule has 0 fully saturated rings. The topological polar surface area (TPSA) is 91.0 Å². The second-order valence-electron chi connectivity index (χ2n) is 13.1. The van der Waals surface area contributed by atoms with Crippen molar-refractivity contribution >= 4 is 11.1 Å². The summed E-state index contributed by atoms with van der Waals surface area (Å²) in [4.78, 5) is 0. The molecule has 234 valence electrons. The van der Waals surface area contributed by atoms with Crippen molar-refractivity contribution in [1.29, 1.82) is 0 Å². The van der Waals surface area contributed by atoms with Crippen LogP contribution in [0.25, 0.3) is 11.1 Å². The Morgan fingerprint density at radius 3 is 1.13 bits per heavy atom. The van der Waals surface area contributed by atoms with E-state index < -0.39 is 22.9 Å². The van der Waals surface area contributed by atoms with E-state index in [0.717, 1.165) is 44.5 Å². The van der Waals surface area contributed by atoms with Crippen molar-refractivity contribution in [2.75, 3.05) is 0 Å². The Hall–Kier alpha value is -5.10. The Morgan fingerprint density at radius 2 is 0.809 bits per heavy atom. The fourth-order valence-electron chi connectivity index (χ4n) is 6.77. The first-order chi connectivity index (χ1) is 22.7. The van der Waals surface area contributed by atoms with E-state index in [2.05, 4.69) is 161 Å². The van der Waals surface area contributed by atoms with Crippen LogP contribution in [0.5, 0.6) is 0 Å². The molecular weight excluding hydrogens is 576 g/mol. The highest BCUT2D eigenvalue weighted by atomic mass is 16.4. The molecule has 4 aromatic carbocycles. The van der Waals surface area contributed by atoms with Crippen molar-refractivity contribution < 1.29 is 4.42 Å². The van der Waals surface area contributed by atoms with E-state index >= 15 is 0 Å². The number of benzene rings is 4. The molecule has 0 saturated heterocycles. The lowest BCUT2D eigenvalue weighted by atomic mass is 9.69. The second kappa shape index (κ2) is 11.9. The standard InChI is InChI=1S/C42H40N4O/c1-27-5-13-31(14-6-27)33-21-23-41(37(43)25-33,35-17-9-29(3)10-18-35)39-45-46-40(47-39)42(36-19-11-30(4)12-20-36)24-22-34(26-38(42)44)32-15-7-28(2)8-16-32/h5-26,37-38H,43-44H2,1-4H3. The first-order valence-corrected chi connectivity index (χ1v) is 16.2. The molecule has 2 aliphatic rings. The monoisotopic (exact) mass is 616 g/mol. The summed E-state index contributed by atoms with van der Waals surface area (Å²) in [6.45, 7) is 8.33. The van der Waals surface area contributed by atoms with Gasteiger partial charge >= 0.3 is 0 Å². The van der Waals surface area contributed by atoms with Gasteiger partial charge in [0.15, 0.2) is 0 Å². The zero-order chi connectivity index (χ0) is 32.8. The minimum atomic E-state index is -0.882. The van der Waals surface area contributed by atoms with Crippen molar-refractivity contribution in [3.05, 3.63) is 190 Å². The lowest BCUT2D eigenvalue weighted by molar-refractivity contribution is 0.337. The van der Waals surface area contributed by atoms with E-state index in [1.54, 1.807) is 0 Å². The Bertz CT molecular complexity index is 1880. The molecule has 0 amide bonds. The van der Waals surface area contributed by atoms with Gasteiger partial charge in [0, 0.05) is 12.1 Å². The summed E-state index contributed by atoms with van der Waals surface area (Å²) < 4.78 is 6.85. The van der Waals surface area contributed by atoms with E-state index in [1.165, 1.54) is 11.1 Å². The number of hydrogen-bond donors (Lipinski definition) is 2. The van der Waals surface area contributed by atoms with E-state index in [0.29, 0.717) is 11.8 Å². The zero-order valence-corrected chi connectivity index (χ0v) is 27.3. The van der Waals surface area contributed by atoms with Gasteiger partial charge in [-0.1, -0.05) is 156 Å². The number of allylic oxidation sites excluding steroid dienone is 4. The molecule has 0 bridgehead atoms. The smallest absolute Gasteiger partial charge is 0.232 e. The summed E-state index contributed by atoms with van der Waals surface area (Å²) in [6, 6.07) is 32.8. The normalized spacial score (nSPS) is 23.8. The van der Waals surface area contributed by atoms with Crippen molar-refractivity contribution in [2.24, 2.45) is 11.5 Å². The Morgan fingerprint density at radius 1 is 0.489 bits per heavy atom. The van der Waals surface area contributed by atoms with Gasteiger partial charge in [-0.25, -0.2) is 0 Å². The van der Waals surface area contributed by atoms with Gasteiger partial charge in [-0.15, -0.1) is 10.2 Å². The van der Waals surface area contributed by atoms with Crippen LogP contribution in [0.3, 0.4) is 0 Å². The minimum absolute atomic E-state index is 0.430. The van der Waals surface area contributed by atoms with Crippen molar-refractivity contribution in [3.8, 4) is 0 Å². The largest absolute Gasteiger partial charge is 0.422 e. The van der Waals surface area contributed by atoms with E-state index in [1.807, 2.05) is 0 Å². The average Bonchev–Trinajstić information content (AvgIpc) is 3.58. The molecule has 0 saturated carbocycles. The van der Waals surface area contributed by atoms with Gasteiger partial charge in [0.1, 0.15) is 10.8 Å². The van der Waals surface area contributed by atoms with E-state index in [4.69, 9.17) is 26.1 Å². The third-order valence-electron chi connectivity index (χ3n) is 9.78. The summed E-state index contributed by atoms with van der Waals surface area (Å²) in [5.74, 6) is 0.861. The maximum absolute atomic E-state index is 7.14. The van der Waals surface area contributed by atoms with Gasteiger partial charge in [-0.3, -0.25) is 0 Å². The van der Waals surface area contributed by atoms with Crippen LogP contribution in [0.4, 0.5) is 0 Å². The molecule has 4 N–H and O–H groups in total. The Kier molecular flexibility index (Phi) is 7.75. The molecule has 2 aliphatic carbocycles. The van der Waals surface area contributed by atoms with Crippen LogP contribution in [0.15, 0.2) is 138 Å². The minimum Gasteiger partial charge on any atom is -0.422 e. The van der Waals surface area contributed by atoms with Gasteiger partial charge < -0.3 is 15.9 Å². The van der Waals surface area contributed by atoms with Gasteiger partial charge in [0.2, 0.25) is 11.8 Å². The first kappa shape index (κ1) is 30.5. The molecule has 5 nitrogen and oxygen atoms in total. The van der Waals surface area contributed by atoms with Crippen molar-refractivity contribution in [1.82, 2.24) is 10.2 Å². The van der Waals surface area contributed by atoms with E-state index in [9.17, 15) is 0 Å². The van der Waals surface area contributed by atoms with Gasteiger partial charge in [0.05, 0.1) is 0 Å². The van der Waals surface area contributed by atoms with Gasteiger partial charge in [-0.05, 0) is 61.1 Å². The predicted molar refractivity (Wildman–Crippen MR) is 191 cm³/mol. The summed E-state index contributed by atoms with van der Waals surface area (Å²) in [7, 11) is 0. The molecule has 0 spiro atoms. The summed E-state index contributed by atoms with van der Waals surface area (Å²) in [5, 5.41) is 9.54. The van der Waals surface area contributed by atoms with Crippen LogP contribution < -0.4 is 11.5 Å². The lowest BCUT2D eigenvalue weighted by Gasteiger charge is -2.37. The molecule has 4 atom stereocenters. The van der Waals surface area contributed by atoms with Crippen LogP contribution in [-0.4, -0.2) is 22.3 Å². The fraction of sp³-hybridized carbons (Fsp3) is 0.190. The molecule has 5 heteroatoms. The number of nitrogens with zero attached hydrogens (tertiary/aromatic N) is 2. The Balaban J connectivity index is 1.35. The molecule has 4 unspecified atom stereocenters. The van der Waals surface area contributed by atoms with Crippen LogP contribution in [0, 0.1) is 27.7 Å². The van der Waals surface area contributed by atoms with Crippen molar-refractivity contribution in [2.45, 2.75) is 50.6 Å². The van der Waals surface area contributed by atoms with Gasteiger partial charge in [-0.2, -0.15) is 0 Å². The highest BCUT2D eigenvalue weighted by Gasteiger charge is 2.48. The fourth-order valence-corrected chi connectivity index (χ4v) is 6.77. The van der Waals surface area contributed by atoms with Crippen LogP contribution in [0.2, 0.25) is 0 Å². The number of aryl methyl sites for hydroxylation is 4. The molecule has 0 aliphatic heterocycles. The summed E-state index contributed by atoms with van der Waals surface area (Å²) in [5.41, 5.74) is 23.6. The van der Waals surface area contributed by atoms with Gasteiger partial charge in [0.25, 0.3) is 0 Å².